The van der Waals surface area contributed by atoms with E-state index >= 15 is 0 Å². The third kappa shape index (κ3) is 4.09. The molecule has 1 aliphatic heterocycles. The molecule has 2 heterocycles. The number of rotatable bonds is 5. The first kappa shape index (κ1) is 19.3. The second-order valence-corrected chi connectivity index (χ2v) is 10.9. The van der Waals surface area contributed by atoms with Gasteiger partial charge in [0.05, 0.1) is 17.1 Å². The number of hydrogen-bond donors (Lipinski definition) is 1. The lowest BCUT2D eigenvalue weighted by Crippen LogP contribution is -2.48. The quantitative estimate of drug-likeness (QED) is 0.808. The van der Waals surface area contributed by atoms with E-state index in [4.69, 9.17) is 4.74 Å². The van der Waals surface area contributed by atoms with Crippen LogP contribution in [0.2, 0.25) is 0 Å². The van der Waals surface area contributed by atoms with Crippen molar-refractivity contribution in [1.82, 2.24) is 4.31 Å². The molecule has 26 heavy (non-hydrogen) atoms. The lowest BCUT2D eigenvalue weighted by molar-refractivity contribution is -0.0440. The molecule has 10 heteroatoms. The first-order valence-electron chi connectivity index (χ1n) is 8.00. The molecule has 0 unspecified atom stereocenters. The molecular formula is C16H20N2O5S3. The highest BCUT2D eigenvalue weighted by Crippen LogP contribution is 2.24. The molecule has 0 saturated carbocycles. The summed E-state index contributed by atoms with van der Waals surface area (Å²) in [5.74, 6) is 0. The van der Waals surface area contributed by atoms with Crippen LogP contribution in [0.1, 0.15) is 13.8 Å². The van der Waals surface area contributed by atoms with Crippen molar-refractivity contribution in [3.63, 3.8) is 0 Å². The summed E-state index contributed by atoms with van der Waals surface area (Å²) >= 11 is 1.11. The molecule has 7 nitrogen and oxygen atoms in total. The van der Waals surface area contributed by atoms with Crippen LogP contribution in [0.5, 0.6) is 0 Å². The number of sulfonamides is 2. The van der Waals surface area contributed by atoms with Crippen LogP contribution in [-0.4, -0.2) is 46.4 Å². The lowest BCUT2D eigenvalue weighted by atomic mass is 10.3. The molecule has 1 aromatic carbocycles. The molecule has 1 saturated heterocycles. The third-order valence-electron chi connectivity index (χ3n) is 3.89. The molecule has 1 aliphatic rings. The summed E-state index contributed by atoms with van der Waals surface area (Å²) in [5.41, 5.74) is 0.307. The van der Waals surface area contributed by atoms with Gasteiger partial charge in [-0.1, -0.05) is 6.07 Å². The van der Waals surface area contributed by atoms with Gasteiger partial charge in [0.1, 0.15) is 4.21 Å². The number of morpholine rings is 1. The smallest absolute Gasteiger partial charge is 0.271 e. The van der Waals surface area contributed by atoms with Gasteiger partial charge >= 0.3 is 0 Å². The van der Waals surface area contributed by atoms with Crippen molar-refractivity contribution in [2.45, 2.75) is 35.2 Å². The number of thiophene rings is 1. The van der Waals surface area contributed by atoms with Crippen molar-refractivity contribution >= 4 is 37.1 Å². The van der Waals surface area contributed by atoms with Gasteiger partial charge in [0.25, 0.3) is 10.0 Å². The molecule has 1 aromatic heterocycles. The average Bonchev–Trinajstić information content (AvgIpc) is 3.09. The second-order valence-electron chi connectivity index (χ2n) is 6.14. The van der Waals surface area contributed by atoms with Crippen LogP contribution >= 0.6 is 11.3 Å². The van der Waals surface area contributed by atoms with Crippen LogP contribution in [0.15, 0.2) is 50.9 Å². The van der Waals surface area contributed by atoms with E-state index in [-0.39, 0.29) is 21.3 Å². The molecule has 0 aliphatic carbocycles. The predicted molar refractivity (Wildman–Crippen MR) is 100 cm³/mol. The fourth-order valence-corrected chi connectivity index (χ4v) is 6.43. The van der Waals surface area contributed by atoms with Gasteiger partial charge in [0.2, 0.25) is 10.0 Å². The molecule has 2 atom stereocenters. The minimum Gasteiger partial charge on any atom is -0.373 e. The summed E-state index contributed by atoms with van der Waals surface area (Å²) in [6.45, 7) is 4.25. The van der Waals surface area contributed by atoms with Crippen molar-refractivity contribution in [2.24, 2.45) is 0 Å². The Bertz CT molecular complexity index is 944. The van der Waals surface area contributed by atoms with Crippen molar-refractivity contribution in [2.75, 3.05) is 17.8 Å². The Labute approximate surface area is 157 Å². The van der Waals surface area contributed by atoms with Crippen molar-refractivity contribution < 1.29 is 21.6 Å². The number of benzene rings is 1. The van der Waals surface area contributed by atoms with Crippen LogP contribution in [0.25, 0.3) is 0 Å². The van der Waals surface area contributed by atoms with E-state index in [1.807, 2.05) is 13.8 Å². The Morgan fingerprint density at radius 1 is 1.04 bits per heavy atom. The third-order valence-corrected chi connectivity index (χ3v) is 8.51. The molecule has 3 rings (SSSR count). The van der Waals surface area contributed by atoms with Gasteiger partial charge in [-0.3, -0.25) is 4.72 Å². The predicted octanol–water partition coefficient (Wildman–Crippen LogP) is 2.35. The van der Waals surface area contributed by atoms with Gasteiger partial charge in [-0.05, 0) is 49.6 Å². The summed E-state index contributed by atoms with van der Waals surface area (Å²) in [7, 11) is -7.31. The Kier molecular flexibility index (Phi) is 5.40. The maximum Gasteiger partial charge on any atom is 0.271 e. The van der Waals surface area contributed by atoms with E-state index < -0.39 is 20.0 Å². The second kappa shape index (κ2) is 7.28. The van der Waals surface area contributed by atoms with Crippen LogP contribution < -0.4 is 4.72 Å². The van der Waals surface area contributed by atoms with Gasteiger partial charge in [0.15, 0.2) is 0 Å². The van der Waals surface area contributed by atoms with Crippen LogP contribution in [0.3, 0.4) is 0 Å². The van der Waals surface area contributed by atoms with Gasteiger partial charge in [-0.2, -0.15) is 4.31 Å². The van der Waals surface area contributed by atoms with E-state index in [1.165, 1.54) is 34.6 Å². The Hall–Kier alpha value is -1.46. The fraction of sp³-hybridized carbons (Fsp3) is 0.375. The number of hydrogen-bond acceptors (Lipinski definition) is 6. The van der Waals surface area contributed by atoms with E-state index in [0.29, 0.717) is 18.8 Å². The molecule has 0 radical (unpaired) electrons. The highest BCUT2D eigenvalue weighted by atomic mass is 32.2. The summed E-state index contributed by atoms with van der Waals surface area (Å²) in [5, 5.41) is 1.68. The van der Waals surface area contributed by atoms with Crippen LogP contribution in [0.4, 0.5) is 5.69 Å². The van der Waals surface area contributed by atoms with Gasteiger partial charge < -0.3 is 4.74 Å². The topological polar surface area (TPSA) is 92.8 Å². The summed E-state index contributed by atoms with van der Waals surface area (Å²) in [4.78, 5) is 0.123. The molecule has 0 amide bonds. The van der Waals surface area contributed by atoms with Crippen molar-refractivity contribution in [1.29, 1.82) is 0 Å². The highest BCUT2D eigenvalue weighted by molar-refractivity contribution is 7.94. The summed E-state index contributed by atoms with van der Waals surface area (Å²) in [6.07, 6.45) is -0.351. The summed E-state index contributed by atoms with van der Waals surface area (Å²) < 4.78 is 59.7. The monoisotopic (exact) mass is 416 g/mol. The number of nitrogens with one attached hydrogen (secondary N) is 1. The van der Waals surface area contributed by atoms with Crippen LogP contribution in [-0.2, 0) is 24.8 Å². The average molecular weight is 417 g/mol. The zero-order chi connectivity index (χ0) is 18.9. The summed E-state index contributed by atoms with van der Waals surface area (Å²) in [6, 6.07) is 8.88. The van der Waals surface area contributed by atoms with Gasteiger partial charge in [-0.25, -0.2) is 16.8 Å². The highest BCUT2D eigenvalue weighted by Gasteiger charge is 2.32. The van der Waals surface area contributed by atoms with E-state index in [9.17, 15) is 16.8 Å². The number of anilines is 1. The maximum atomic E-state index is 12.8. The van der Waals surface area contributed by atoms with Crippen molar-refractivity contribution in [3.05, 3.63) is 41.8 Å². The van der Waals surface area contributed by atoms with Gasteiger partial charge in [0, 0.05) is 18.8 Å². The lowest BCUT2D eigenvalue weighted by Gasteiger charge is -2.34. The Morgan fingerprint density at radius 3 is 2.19 bits per heavy atom. The SMILES string of the molecule is C[C@@H]1CN(S(=O)(=O)c2ccc(NS(=O)(=O)c3cccs3)cc2)C[C@@H](C)O1. The molecule has 1 fully saturated rings. The standard InChI is InChI=1S/C16H20N2O5S3/c1-12-10-18(11-13(2)23-12)26(21,22)15-7-5-14(6-8-15)17-25(19,20)16-4-3-9-24-16/h3-9,12-13,17H,10-11H2,1-2H3/t12-,13-/m1/s1. The fourth-order valence-electron chi connectivity index (χ4n) is 2.79. The molecule has 2 aromatic rings. The molecule has 0 bridgehead atoms. The molecule has 142 valence electrons. The normalized spacial score (nSPS) is 22.2. The van der Waals surface area contributed by atoms with E-state index in [1.54, 1.807) is 11.4 Å². The maximum absolute atomic E-state index is 12.8. The first-order valence-corrected chi connectivity index (χ1v) is 11.8. The molecular weight excluding hydrogens is 396 g/mol. The van der Waals surface area contributed by atoms with Gasteiger partial charge in [-0.15, -0.1) is 11.3 Å². The zero-order valence-electron chi connectivity index (χ0n) is 14.3. The zero-order valence-corrected chi connectivity index (χ0v) is 16.8. The van der Waals surface area contributed by atoms with E-state index in [0.717, 1.165) is 11.3 Å². The molecule has 0 spiro atoms. The number of ether oxygens (including phenoxy) is 1. The van der Waals surface area contributed by atoms with E-state index in [2.05, 4.69) is 4.72 Å². The Morgan fingerprint density at radius 2 is 1.65 bits per heavy atom. The van der Waals surface area contributed by atoms with Crippen molar-refractivity contribution in [3.8, 4) is 0 Å². The molecule has 1 N–H and O–H groups in total. The Balaban J connectivity index is 1.79. The minimum absolute atomic E-state index is 0.123. The van der Waals surface area contributed by atoms with Crippen LogP contribution in [0, 0.1) is 0 Å². The largest absolute Gasteiger partial charge is 0.373 e. The minimum atomic E-state index is -3.66. The first-order chi connectivity index (χ1) is 12.2. The number of nitrogens with zero attached hydrogens (tertiary/aromatic N) is 1.